The quantitative estimate of drug-likeness (QED) is 0.527. The Morgan fingerprint density at radius 2 is 2.07 bits per heavy atom. The number of cyclic esters (lactones) is 2. The van der Waals surface area contributed by atoms with Crippen molar-refractivity contribution in [3.63, 3.8) is 0 Å². The van der Waals surface area contributed by atoms with Gasteiger partial charge in [0.05, 0.1) is 13.1 Å². The normalized spacial score (nSPS) is 24.2. The summed E-state index contributed by atoms with van der Waals surface area (Å²) in [5.41, 5.74) is 0. The fraction of sp³-hybridized carbons (Fsp3) is 0.750. The molecule has 0 aromatic carbocycles. The van der Waals surface area contributed by atoms with Gasteiger partial charge in [0.15, 0.2) is 0 Å². The van der Waals surface area contributed by atoms with Crippen molar-refractivity contribution in [3.05, 3.63) is 0 Å². The van der Waals surface area contributed by atoms with Crippen molar-refractivity contribution in [1.82, 2.24) is 5.32 Å². The van der Waals surface area contributed by atoms with Crippen LogP contribution in [0.25, 0.3) is 0 Å². The summed E-state index contributed by atoms with van der Waals surface area (Å²) in [6.45, 7) is -0.117. The van der Waals surface area contributed by atoms with Crippen LogP contribution in [0.2, 0.25) is 0 Å². The van der Waals surface area contributed by atoms with Crippen LogP contribution in [0.3, 0.4) is 0 Å². The molecule has 2 N–H and O–H groups in total. The van der Waals surface area contributed by atoms with Gasteiger partial charge in [-0.2, -0.15) is 0 Å². The molecule has 80 valence electrons. The van der Waals surface area contributed by atoms with Gasteiger partial charge in [-0.3, -0.25) is 14.9 Å². The second-order valence-electron chi connectivity index (χ2n) is 2.91. The first kappa shape index (κ1) is 10.9. The van der Waals surface area contributed by atoms with Gasteiger partial charge in [0, 0.05) is 13.0 Å². The molecule has 0 aromatic rings. The summed E-state index contributed by atoms with van der Waals surface area (Å²) in [6, 6.07) is 0. The van der Waals surface area contributed by atoms with E-state index in [1.54, 1.807) is 0 Å². The molecular weight excluding hydrogens is 190 g/mol. The van der Waals surface area contributed by atoms with Gasteiger partial charge in [-0.25, -0.2) is 0 Å². The Bertz CT molecular complexity index is 218. The van der Waals surface area contributed by atoms with Gasteiger partial charge in [-0.1, -0.05) is 0 Å². The fourth-order valence-corrected chi connectivity index (χ4v) is 1.05. The van der Waals surface area contributed by atoms with Gasteiger partial charge < -0.3 is 14.6 Å². The van der Waals surface area contributed by atoms with E-state index in [2.05, 4.69) is 5.32 Å². The summed E-state index contributed by atoms with van der Waals surface area (Å²) < 4.78 is 9.71. The fourth-order valence-electron chi connectivity index (χ4n) is 1.05. The summed E-state index contributed by atoms with van der Waals surface area (Å²) in [5, 5.41) is 11.2. The lowest BCUT2D eigenvalue weighted by molar-refractivity contribution is -0.155. The van der Waals surface area contributed by atoms with E-state index >= 15 is 0 Å². The van der Waals surface area contributed by atoms with Crippen molar-refractivity contribution < 1.29 is 24.2 Å². The number of ether oxygens (including phenoxy) is 2. The van der Waals surface area contributed by atoms with E-state index in [0.717, 1.165) is 0 Å². The highest BCUT2D eigenvalue weighted by atomic mass is 16.6. The zero-order valence-electron chi connectivity index (χ0n) is 7.69. The molecule has 0 aromatic heterocycles. The summed E-state index contributed by atoms with van der Waals surface area (Å²) in [6.07, 6.45) is -0.268. The van der Waals surface area contributed by atoms with E-state index in [9.17, 15) is 9.59 Å². The monoisotopic (exact) mass is 203 g/mol. The molecule has 0 amide bonds. The van der Waals surface area contributed by atoms with Crippen molar-refractivity contribution in [1.29, 1.82) is 0 Å². The van der Waals surface area contributed by atoms with Gasteiger partial charge in [0.25, 0.3) is 0 Å². The maximum atomic E-state index is 11.0. The lowest BCUT2D eigenvalue weighted by atomic mass is 10.3. The predicted molar refractivity (Wildman–Crippen MR) is 45.4 cm³/mol. The van der Waals surface area contributed by atoms with E-state index in [1.807, 2.05) is 0 Å². The maximum absolute atomic E-state index is 11.0. The van der Waals surface area contributed by atoms with E-state index in [4.69, 9.17) is 14.6 Å². The van der Waals surface area contributed by atoms with E-state index in [1.165, 1.54) is 0 Å². The highest BCUT2D eigenvalue weighted by molar-refractivity contribution is 5.75. The molecule has 1 aliphatic heterocycles. The molecule has 1 unspecified atom stereocenters. The standard InChI is InChI=1S/C8H13NO5/c10-2-1-6-5-13-7(11)3-9-4-8(12)14-6/h6,9-10H,1-5H2. The zero-order chi connectivity index (χ0) is 10.4. The van der Waals surface area contributed by atoms with Gasteiger partial charge in [0.1, 0.15) is 12.7 Å². The number of nitrogens with one attached hydrogen (secondary N) is 1. The van der Waals surface area contributed by atoms with Gasteiger partial charge in [-0.05, 0) is 0 Å². The lowest BCUT2D eigenvalue weighted by Crippen LogP contribution is -2.29. The zero-order valence-corrected chi connectivity index (χ0v) is 7.69. The topological polar surface area (TPSA) is 84.9 Å². The Labute approximate surface area is 81.2 Å². The number of carbonyl (C=O) groups is 2. The predicted octanol–water partition coefficient (Wildman–Crippen LogP) is -1.57. The first-order valence-electron chi connectivity index (χ1n) is 4.39. The third-order valence-electron chi connectivity index (χ3n) is 1.72. The smallest absolute Gasteiger partial charge is 0.320 e. The Hall–Kier alpha value is -1.14. The Balaban J connectivity index is 2.48. The molecule has 0 radical (unpaired) electrons. The van der Waals surface area contributed by atoms with Crippen molar-refractivity contribution in [3.8, 4) is 0 Å². The van der Waals surface area contributed by atoms with Crippen LogP contribution in [0, 0.1) is 0 Å². The van der Waals surface area contributed by atoms with Gasteiger partial charge in [0.2, 0.25) is 0 Å². The van der Waals surface area contributed by atoms with Crippen LogP contribution in [-0.2, 0) is 19.1 Å². The average Bonchev–Trinajstić information content (AvgIpc) is 2.20. The second kappa shape index (κ2) is 5.56. The van der Waals surface area contributed by atoms with Crippen molar-refractivity contribution in [2.45, 2.75) is 12.5 Å². The molecule has 0 saturated carbocycles. The summed E-state index contributed by atoms with van der Waals surface area (Å²) in [4.78, 5) is 22.0. The molecule has 1 rings (SSSR count). The van der Waals surface area contributed by atoms with Crippen LogP contribution >= 0.6 is 0 Å². The third kappa shape index (κ3) is 3.71. The molecule has 1 aliphatic rings. The first-order chi connectivity index (χ1) is 6.72. The average molecular weight is 203 g/mol. The van der Waals surface area contributed by atoms with Crippen LogP contribution in [0.5, 0.6) is 0 Å². The molecule has 6 heteroatoms. The molecular formula is C8H13NO5. The number of hydrogen-bond acceptors (Lipinski definition) is 6. The van der Waals surface area contributed by atoms with Crippen molar-refractivity contribution >= 4 is 11.9 Å². The molecule has 1 heterocycles. The SMILES string of the molecule is O=C1CNCC(=O)OC(CCO)CO1. The van der Waals surface area contributed by atoms with Gasteiger partial charge >= 0.3 is 11.9 Å². The molecule has 14 heavy (non-hydrogen) atoms. The van der Waals surface area contributed by atoms with Crippen LogP contribution in [0.1, 0.15) is 6.42 Å². The maximum Gasteiger partial charge on any atom is 0.320 e. The minimum atomic E-state index is -0.545. The van der Waals surface area contributed by atoms with Gasteiger partial charge in [-0.15, -0.1) is 0 Å². The highest BCUT2D eigenvalue weighted by Crippen LogP contribution is 2.01. The number of hydrogen-bond donors (Lipinski definition) is 2. The van der Waals surface area contributed by atoms with Crippen LogP contribution in [0.15, 0.2) is 0 Å². The molecule has 0 aliphatic carbocycles. The third-order valence-corrected chi connectivity index (χ3v) is 1.72. The summed E-state index contributed by atoms with van der Waals surface area (Å²) >= 11 is 0. The van der Waals surface area contributed by atoms with Crippen LogP contribution in [-0.4, -0.2) is 49.5 Å². The molecule has 0 bridgehead atoms. The van der Waals surface area contributed by atoms with Crippen LogP contribution < -0.4 is 5.32 Å². The minimum Gasteiger partial charge on any atom is -0.461 e. The number of aliphatic hydroxyl groups excluding tert-OH is 1. The second-order valence-corrected chi connectivity index (χ2v) is 2.91. The van der Waals surface area contributed by atoms with E-state index in [0.29, 0.717) is 0 Å². The molecule has 0 spiro atoms. The summed E-state index contributed by atoms with van der Waals surface area (Å²) in [5.74, 6) is -0.868. The number of aliphatic hydroxyl groups is 1. The number of esters is 2. The van der Waals surface area contributed by atoms with E-state index < -0.39 is 18.0 Å². The highest BCUT2D eigenvalue weighted by Gasteiger charge is 2.18. The molecule has 1 fully saturated rings. The minimum absolute atomic E-state index is 0.000937. The van der Waals surface area contributed by atoms with Crippen molar-refractivity contribution in [2.75, 3.05) is 26.3 Å². The molecule has 1 saturated heterocycles. The Morgan fingerprint density at radius 3 is 2.79 bits per heavy atom. The van der Waals surface area contributed by atoms with E-state index in [-0.39, 0.29) is 32.7 Å². The number of rotatable bonds is 2. The largest absolute Gasteiger partial charge is 0.461 e. The van der Waals surface area contributed by atoms with Crippen LogP contribution in [0.4, 0.5) is 0 Å². The Kier molecular flexibility index (Phi) is 4.34. The molecule has 6 nitrogen and oxygen atoms in total. The molecule has 1 atom stereocenters. The summed E-state index contributed by atoms with van der Waals surface area (Å²) in [7, 11) is 0. The first-order valence-corrected chi connectivity index (χ1v) is 4.39. The Morgan fingerprint density at radius 1 is 1.36 bits per heavy atom. The van der Waals surface area contributed by atoms with Crippen molar-refractivity contribution in [2.24, 2.45) is 0 Å². The number of carbonyl (C=O) groups excluding carboxylic acids is 2. The lowest BCUT2D eigenvalue weighted by Gasteiger charge is -2.14.